The van der Waals surface area contributed by atoms with E-state index in [1.54, 1.807) is 12.1 Å². The van der Waals surface area contributed by atoms with Crippen LogP contribution in [0, 0.1) is 18.3 Å². The number of benzene rings is 3. The number of anilines is 1. The first kappa shape index (κ1) is 20.8. The molecule has 162 valence electrons. The Labute approximate surface area is 195 Å². The van der Waals surface area contributed by atoms with Gasteiger partial charge in [-0.2, -0.15) is 5.26 Å². The van der Waals surface area contributed by atoms with E-state index in [9.17, 15) is 10.1 Å². The predicted octanol–water partition coefficient (Wildman–Crippen LogP) is 6.17. The zero-order valence-corrected chi connectivity index (χ0v) is 18.7. The van der Waals surface area contributed by atoms with Gasteiger partial charge in [0, 0.05) is 16.9 Å². The zero-order valence-electron chi connectivity index (χ0n) is 17.9. The fraction of sp³-hybridized carbons (Fsp3) is 0.111. The maximum absolute atomic E-state index is 12.9. The van der Waals surface area contributed by atoms with Gasteiger partial charge in [0.2, 0.25) is 6.79 Å². The van der Waals surface area contributed by atoms with Crippen molar-refractivity contribution in [1.29, 1.82) is 5.26 Å². The third-order valence-electron chi connectivity index (χ3n) is 5.64. The molecule has 1 aromatic heterocycles. The predicted molar refractivity (Wildman–Crippen MR) is 129 cm³/mol. The van der Waals surface area contributed by atoms with Crippen LogP contribution >= 0.6 is 11.3 Å². The molecule has 0 saturated carbocycles. The molecule has 4 aromatic rings. The van der Waals surface area contributed by atoms with Gasteiger partial charge in [-0.15, -0.1) is 11.3 Å². The van der Waals surface area contributed by atoms with Gasteiger partial charge in [-0.1, -0.05) is 48.5 Å². The third kappa shape index (κ3) is 4.19. The van der Waals surface area contributed by atoms with Crippen LogP contribution in [-0.4, -0.2) is 12.7 Å². The summed E-state index contributed by atoms with van der Waals surface area (Å²) in [7, 11) is 0. The third-order valence-corrected chi connectivity index (χ3v) is 6.85. The fourth-order valence-electron chi connectivity index (χ4n) is 3.81. The first-order valence-corrected chi connectivity index (χ1v) is 11.3. The summed E-state index contributed by atoms with van der Waals surface area (Å²) in [6, 6.07) is 25.6. The molecule has 5 rings (SSSR count). The summed E-state index contributed by atoms with van der Waals surface area (Å²) in [5.74, 6) is 1.24. The summed E-state index contributed by atoms with van der Waals surface area (Å²) in [5.41, 5.74) is 5.13. The maximum atomic E-state index is 12.9. The van der Waals surface area contributed by atoms with Crippen molar-refractivity contribution >= 4 is 22.2 Å². The molecule has 0 spiro atoms. The van der Waals surface area contributed by atoms with Gasteiger partial charge < -0.3 is 14.8 Å². The number of hydrogen-bond acceptors (Lipinski definition) is 5. The van der Waals surface area contributed by atoms with Crippen molar-refractivity contribution in [1.82, 2.24) is 0 Å². The number of thiophene rings is 1. The molecule has 1 aliphatic rings. The molecule has 0 aliphatic carbocycles. The second-order valence-electron chi connectivity index (χ2n) is 7.73. The Hall–Kier alpha value is -4.08. The molecule has 1 amide bonds. The van der Waals surface area contributed by atoms with Crippen molar-refractivity contribution in [3.05, 3.63) is 99.9 Å². The molecule has 33 heavy (non-hydrogen) atoms. The van der Waals surface area contributed by atoms with Crippen LogP contribution in [-0.2, 0) is 6.42 Å². The summed E-state index contributed by atoms with van der Waals surface area (Å²) >= 11 is 1.44. The second-order valence-corrected chi connectivity index (χ2v) is 8.83. The average Bonchev–Trinajstić information content (AvgIpc) is 3.43. The average molecular weight is 453 g/mol. The summed E-state index contributed by atoms with van der Waals surface area (Å²) in [4.78, 5) is 13.9. The summed E-state index contributed by atoms with van der Waals surface area (Å²) in [6.45, 7) is 2.15. The molecule has 0 unspecified atom stereocenters. The quantitative estimate of drug-likeness (QED) is 0.393. The highest BCUT2D eigenvalue weighted by molar-refractivity contribution is 7.16. The number of ether oxygens (including phenoxy) is 2. The molecule has 0 fully saturated rings. The number of carbonyl (C=O) groups excluding carboxylic acids is 1. The molecule has 1 N–H and O–H groups in total. The number of nitriles is 1. The van der Waals surface area contributed by atoms with E-state index in [0.29, 0.717) is 22.5 Å². The van der Waals surface area contributed by atoms with Gasteiger partial charge in [-0.3, -0.25) is 4.79 Å². The Morgan fingerprint density at radius 1 is 1.00 bits per heavy atom. The van der Waals surface area contributed by atoms with E-state index < -0.39 is 0 Å². The van der Waals surface area contributed by atoms with Crippen LogP contribution in [0.15, 0.2) is 72.8 Å². The number of carbonyl (C=O) groups is 1. The van der Waals surface area contributed by atoms with Crippen LogP contribution in [0.4, 0.5) is 5.00 Å². The minimum atomic E-state index is -0.234. The molecule has 2 heterocycles. The summed E-state index contributed by atoms with van der Waals surface area (Å²) in [6.07, 6.45) is 0.642. The van der Waals surface area contributed by atoms with Crippen LogP contribution in [0.5, 0.6) is 11.5 Å². The number of nitrogens with one attached hydrogen (secondary N) is 1. The molecule has 3 aromatic carbocycles. The van der Waals surface area contributed by atoms with E-state index in [1.165, 1.54) is 11.3 Å². The van der Waals surface area contributed by atoms with Crippen molar-refractivity contribution in [2.45, 2.75) is 13.3 Å². The summed E-state index contributed by atoms with van der Waals surface area (Å²) in [5, 5.41) is 13.2. The molecule has 0 atom stereocenters. The lowest BCUT2D eigenvalue weighted by Gasteiger charge is -2.06. The van der Waals surface area contributed by atoms with Gasteiger partial charge in [0.25, 0.3) is 5.91 Å². The maximum Gasteiger partial charge on any atom is 0.256 e. The highest BCUT2D eigenvalue weighted by atomic mass is 32.1. The van der Waals surface area contributed by atoms with E-state index in [-0.39, 0.29) is 12.7 Å². The second kappa shape index (κ2) is 8.81. The Balaban J connectivity index is 1.35. The molecular weight excluding hydrogens is 432 g/mol. The van der Waals surface area contributed by atoms with Crippen LogP contribution < -0.4 is 14.8 Å². The fourth-order valence-corrected chi connectivity index (χ4v) is 4.99. The standard InChI is InChI=1S/C27H20N2O3S/c1-17-22(15-28)27(33-25(17)14-18-7-12-23-24(13-18)32-16-31-23)29-26(30)21-10-8-20(9-11-21)19-5-3-2-4-6-19/h2-13H,14,16H2,1H3,(H,29,30). The monoisotopic (exact) mass is 452 g/mol. The molecular formula is C27H20N2O3S. The minimum absolute atomic E-state index is 0.234. The number of hydrogen-bond donors (Lipinski definition) is 1. The number of amides is 1. The number of nitrogens with zero attached hydrogens (tertiary/aromatic N) is 1. The molecule has 5 nitrogen and oxygen atoms in total. The van der Waals surface area contributed by atoms with Gasteiger partial charge in [-0.25, -0.2) is 0 Å². The van der Waals surface area contributed by atoms with E-state index >= 15 is 0 Å². The molecule has 0 bridgehead atoms. The van der Waals surface area contributed by atoms with Gasteiger partial charge in [0.15, 0.2) is 11.5 Å². The molecule has 0 radical (unpaired) electrons. The smallest absolute Gasteiger partial charge is 0.256 e. The van der Waals surface area contributed by atoms with Crippen LogP contribution in [0.1, 0.15) is 31.9 Å². The zero-order chi connectivity index (χ0) is 22.8. The Morgan fingerprint density at radius 2 is 1.73 bits per heavy atom. The van der Waals surface area contributed by atoms with Gasteiger partial charge in [0.05, 0.1) is 5.56 Å². The van der Waals surface area contributed by atoms with Crippen molar-refractivity contribution in [2.24, 2.45) is 0 Å². The Bertz CT molecular complexity index is 1370. The lowest BCUT2D eigenvalue weighted by molar-refractivity contribution is 0.102. The summed E-state index contributed by atoms with van der Waals surface area (Å²) < 4.78 is 10.8. The van der Waals surface area contributed by atoms with E-state index in [0.717, 1.165) is 38.6 Å². The Morgan fingerprint density at radius 3 is 2.48 bits per heavy atom. The van der Waals surface area contributed by atoms with Crippen molar-refractivity contribution in [2.75, 3.05) is 12.1 Å². The van der Waals surface area contributed by atoms with Gasteiger partial charge >= 0.3 is 0 Å². The first-order chi connectivity index (χ1) is 16.1. The first-order valence-electron chi connectivity index (χ1n) is 10.5. The minimum Gasteiger partial charge on any atom is -0.454 e. The Kier molecular flexibility index (Phi) is 5.55. The number of rotatable bonds is 5. The lowest BCUT2D eigenvalue weighted by Crippen LogP contribution is -2.11. The van der Waals surface area contributed by atoms with Crippen LogP contribution in [0.25, 0.3) is 11.1 Å². The molecule has 0 saturated heterocycles. The SMILES string of the molecule is Cc1c(Cc2ccc3c(c2)OCO3)sc(NC(=O)c2ccc(-c3ccccc3)cc2)c1C#N. The van der Waals surface area contributed by atoms with Crippen molar-refractivity contribution in [3.8, 4) is 28.7 Å². The van der Waals surface area contributed by atoms with Crippen LogP contribution in [0.2, 0.25) is 0 Å². The normalized spacial score (nSPS) is 11.8. The topological polar surface area (TPSA) is 71.3 Å². The van der Waals surface area contributed by atoms with E-state index in [2.05, 4.69) is 11.4 Å². The van der Waals surface area contributed by atoms with Crippen molar-refractivity contribution in [3.63, 3.8) is 0 Å². The molecule has 1 aliphatic heterocycles. The van der Waals surface area contributed by atoms with Crippen LogP contribution in [0.3, 0.4) is 0 Å². The highest BCUT2D eigenvalue weighted by Gasteiger charge is 2.19. The molecule has 6 heteroatoms. The number of fused-ring (bicyclic) bond motifs is 1. The van der Waals surface area contributed by atoms with Gasteiger partial charge in [0.1, 0.15) is 11.1 Å². The highest BCUT2D eigenvalue weighted by Crippen LogP contribution is 2.37. The lowest BCUT2D eigenvalue weighted by atomic mass is 10.0. The van der Waals surface area contributed by atoms with E-state index in [1.807, 2.05) is 67.6 Å². The van der Waals surface area contributed by atoms with Gasteiger partial charge in [-0.05, 0) is 53.4 Å². The largest absolute Gasteiger partial charge is 0.454 e. The van der Waals surface area contributed by atoms with Crippen molar-refractivity contribution < 1.29 is 14.3 Å². The van der Waals surface area contributed by atoms with E-state index in [4.69, 9.17) is 9.47 Å².